The zero-order valence-corrected chi connectivity index (χ0v) is 9.50. The summed E-state index contributed by atoms with van der Waals surface area (Å²) in [5.41, 5.74) is -0.214. The summed E-state index contributed by atoms with van der Waals surface area (Å²) in [5, 5.41) is 0. The zero-order chi connectivity index (χ0) is 11.3. The molecule has 3 nitrogen and oxygen atoms in total. The SMILES string of the molecule is CCCCn1cc(F)n(CCCC)c1=O. The van der Waals surface area contributed by atoms with E-state index >= 15 is 0 Å². The predicted octanol–water partition coefficient (Wildman–Crippen LogP) is 2.39. The first-order valence-corrected chi connectivity index (χ1v) is 5.66. The van der Waals surface area contributed by atoms with Gasteiger partial charge in [0, 0.05) is 13.1 Å². The molecule has 0 radical (unpaired) electrons. The smallest absolute Gasteiger partial charge is 0.296 e. The Morgan fingerprint density at radius 1 is 1.20 bits per heavy atom. The molecule has 0 bridgehead atoms. The van der Waals surface area contributed by atoms with Gasteiger partial charge in [0.15, 0.2) is 0 Å². The Kier molecular flexibility index (Phi) is 4.59. The minimum atomic E-state index is -0.412. The van der Waals surface area contributed by atoms with Crippen LogP contribution in [0.4, 0.5) is 4.39 Å². The lowest BCUT2D eigenvalue weighted by molar-refractivity contribution is 0.471. The van der Waals surface area contributed by atoms with Crippen LogP contribution >= 0.6 is 0 Å². The lowest BCUT2D eigenvalue weighted by Crippen LogP contribution is -2.25. The van der Waals surface area contributed by atoms with Crippen molar-refractivity contribution in [1.82, 2.24) is 9.13 Å². The van der Waals surface area contributed by atoms with Gasteiger partial charge in [0.25, 0.3) is 0 Å². The minimum absolute atomic E-state index is 0.214. The first kappa shape index (κ1) is 12.0. The lowest BCUT2D eigenvalue weighted by atomic mass is 10.3. The average Bonchev–Trinajstić information content (AvgIpc) is 2.49. The number of aryl methyl sites for hydroxylation is 1. The number of hydrogen-bond acceptors (Lipinski definition) is 1. The fourth-order valence-electron chi connectivity index (χ4n) is 1.51. The van der Waals surface area contributed by atoms with E-state index in [1.54, 1.807) is 0 Å². The van der Waals surface area contributed by atoms with Crippen LogP contribution < -0.4 is 5.69 Å². The van der Waals surface area contributed by atoms with Crippen LogP contribution in [0.5, 0.6) is 0 Å². The van der Waals surface area contributed by atoms with Gasteiger partial charge in [0.2, 0.25) is 5.95 Å². The van der Waals surface area contributed by atoms with Crippen LogP contribution in [0.2, 0.25) is 0 Å². The summed E-state index contributed by atoms with van der Waals surface area (Å²) >= 11 is 0. The molecule has 0 fully saturated rings. The number of halogens is 1. The number of rotatable bonds is 6. The molecule has 0 amide bonds. The molecule has 0 aliphatic heterocycles. The molecule has 0 N–H and O–H groups in total. The second-order valence-corrected chi connectivity index (χ2v) is 3.79. The van der Waals surface area contributed by atoms with E-state index in [1.807, 2.05) is 6.92 Å². The number of imidazole rings is 1. The van der Waals surface area contributed by atoms with Crippen LogP contribution in [0.15, 0.2) is 11.0 Å². The molecule has 1 rings (SSSR count). The first-order chi connectivity index (χ1) is 7.20. The van der Waals surface area contributed by atoms with Crippen molar-refractivity contribution in [3.63, 3.8) is 0 Å². The van der Waals surface area contributed by atoms with Gasteiger partial charge in [-0.05, 0) is 12.8 Å². The molecule has 0 spiro atoms. The third kappa shape index (κ3) is 2.94. The fourth-order valence-corrected chi connectivity index (χ4v) is 1.51. The Bertz CT molecular complexity index is 354. The molecule has 0 unspecified atom stereocenters. The molecule has 0 aliphatic carbocycles. The molecule has 0 atom stereocenters. The monoisotopic (exact) mass is 214 g/mol. The Labute approximate surface area is 89.5 Å². The van der Waals surface area contributed by atoms with E-state index < -0.39 is 5.95 Å². The second kappa shape index (κ2) is 5.73. The van der Waals surface area contributed by atoms with Crippen molar-refractivity contribution in [3.8, 4) is 0 Å². The van der Waals surface area contributed by atoms with Gasteiger partial charge in [-0.1, -0.05) is 26.7 Å². The summed E-state index contributed by atoms with van der Waals surface area (Å²) in [4.78, 5) is 11.7. The molecule has 1 aromatic heterocycles. The predicted molar refractivity (Wildman–Crippen MR) is 58.5 cm³/mol. The standard InChI is InChI=1S/C11H19FN2O/c1-3-5-7-13-9-10(12)14(11(13)15)8-6-4-2/h9H,3-8H2,1-2H3. The molecule has 15 heavy (non-hydrogen) atoms. The van der Waals surface area contributed by atoms with E-state index in [2.05, 4.69) is 6.92 Å². The van der Waals surface area contributed by atoms with E-state index in [-0.39, 0.29) is 5.69 Å². The highest BCUT2D eigenvalue weighted by molar-refractivity contribution is 4.85. The van der Waals surface area contributed by atoms with E-state index in [4.69, 9.17) is 0 Å². The van der Waals surface area contributed by atoms with Gasteiger partial charge in [0.05, 0.1) is 6.20 Å². The zero-order valence-electron chi connectivity index (χ0n) is 9.50. The van der Waals surface area contributed by atoms with Crippen molar-refractivity contribution in [2.75, 3.05) is 0 Å². The minimum Gasteiger partial charge on any atom is -0.296 e. The highest BCUT2D eigenvalue weighted by atomic mass is 19.1. The number of aromatic nitrogens is 2. The summed E-state index contributed by atoms with van der Waals surface area (Å²) in [7, 11) is 0. The quantitative estimate of drug-likeness (QED) is 0.714. The van der Waals surface area contributed by atoms with Crippen LogP contribution in [0.3, 0.4) is 0 Å². The van der Waals surface area contributed by atoms with Gasteiger partial charge in [0.1, 0.15) is 0 Å². The third-order valence-corrected chi connectivity index (χ3v) is 2.48. The average molecular weight is 214 g/mol. The maximum atomic E-state index is 13.4. The maximum absolute atomic E-state index is 13.4. The maximum Gasteiger partial charge on any atom is 0.330 e. The normalized spacial score (nSPS) is 10.9. The molecule has 0 aromatic carbocycles. The van der Waals surface area contributed by atoms with Crippen LogP contribution in [0, 0.1) is 5.95 Å². The topological polar surface area (TPSA) is 26.9 Å². The largest absolute Gasteiger partial charge is 0.330 e. The van der Waals surface area contributed by atoms with Crippen LogP contribution in [0.25, 0.3) is 0 Å². The van der Waals surface area contributed by atoms with Crippen LogP contribution in [-0.4, -0.2) is 9.13 Å². The van der Waals surface area contributed by atoms with Crippen molar-refractivity contribution in [2.45, 2.75) is 52.6 Å². The van der Waals surface area contributed by atoms with Crippen molar-refractivity contribution in [3.05, 3.63) is 22.6 Å². The number of unbranched alkanes of at least 4 members (excludes halogenated alkanes) is 2. The van der Waals surface area contributed by atoms with Gasteiger partial charge in [-0.3, -0.25) is 9.13 Å². The Morgan fingerprint density at radius 3 is 2.40 bits per heavy atom. The van der Waals surface area contributed by atoms with Crippen LogP contribution in [-0.2, 0) is 13.1 Å². The summed E-state index contributed by atoms with van der Waals surface area (Å²) in [6.07, 6.45) is 5.04. The van der Waals surface area contributed by atoms with Gasteiger partial charge >= 0.3 is 5.69 Å². The van der Waals surface area contributed by atoms with Gasteiger partial charge in [-0.25, -0.2) is 4.79 Å². The van der Waals surface area contributed by atoms with E-state index in [0.29, 0.717) is 13.1 Å². The highest BCUT2D eigenvalue weighted by Crippen LogP contribution is 2.00. The molecule has 0 saturated heterocycles. The van der Waals surface area contributed by atoms with E-state index in [0.717, 1.165) is 25.7 Å². The molecule has 1 aromatic rings. The third-order valence-electron chi connectivity index (χ3n) is 2.48. The first-order valence-electron chi connectivity index (χ1n) is 5.66. The Morgan fingerprint density at radius 2 is 1.80 bits per heavy atom. The molecule has 0 saturated carbocycles. The molecule has 1 heterocycles. The Hall–Kier alpha value is -1.06. The summed E-state index contributed by atoms with van der Waals surface area (Å²) in [5.74, 6) is -0.412. The summed E-state index contributed by atoms with van der Waals surface area (Å²) in [6.45, 7) is 5.18. The molecule has 0 aliphatic rings. The van der Waals surface area contributed by atoms with Crippen molar-refractivity contribution in [2.24, 2.45) is 0 Å². The molecular weight excluding hydrogens is 195 g/mol. The van der Waals surface area contributed by atoms with Gasteiger partial charge in [-0.15, -0.1) is 0 Å². The molecule has 86 valence electrons. The van der Waals surface area contributed by atoms with Crippen molar-refractivity contribution in [1.29, 1.82) is 0 Å². The fraction of sp³-hybridized carbons (Fsp3) is 0.727. The van der Waals surface area contributed by atoms with E-state index in [1.165, 1.54) is 15.3 Å². The lowest BCUT2D eigenvalue weighted by Gasteiger charge is -2.00. The number of nitrogens with zero attached hydrogens (tertiary/aromatic N) is 2. The highest BCUT2D eigenvalue weighted by Gasteiger charge is 2.09. The molecular formula is C11H19FN2O. The van der Waals surface area contributed by atoms with Crippen molar-refractivity contribution < 1.29 is 4.39 Å². The van der Waals surface area contributed by atoms with Gasteiger partial charge in [-0.2, -0.15) is 4.39 Å². The summed E-state index contributed by atoms with van der Waals surface area (Å²) < 4.78 is 16.1. The number of hydrogen-bond donors (Lipinski definition) is 0. The molecule has 4 heteroatoms. The van der Waals surface area contributed by atoms with Crippen molar-refractivity contribution >= 4 is 0 Å². The van der Waals surface area contributed by atoms with Gasteiger partial charge < -0.3 is 0 Å². The van der Waals surface area contributed by atoms with Crippen LogP contribution in [0.1, 0.15) is 39.5 Å². The van der Waals surface area contributed by atoms with E-state index in [9.17, 15) is 9.18 Å². The second-order valence-electron chi connectivity index (χ2n) is 3.79. The Balaban J connectivity index is 2.79. The summed E-state index contributed by atoms with van der Waals surface area (Å²) in [6, 6.07) is 0.